The smallest absolute Gasteiger partial charge is 0.224 e. The lowest BCUT2D eigenvalue weighted by atomic mass is 10.3. The molecule has 1 aromatic heterocycles. The second kappa shape index (κ2) is 7.14. The van der Waals surface area contributed by atoms with Crippen molar-refractivity contribution in [3.63, 3.8) is 0 Å². The van der Waals surface area contributed by atoms with Gasteiger partial charge in [-0.05, 0) is 31.7 Å². The van der Waals surface area contributed by atoms with Crippen molar-refractivity contribution in [3.8, 4) is 0 Å². The van der Waals surface area contributed by atoms with Gasteiger partial charge < -0.3 is 10.6 Å². The van der Waals surface area contributed by atoms with Gasteiger partial charge in [0.2, 0.25) is 5.95 Å². The van der Waals surface area contributed by atoms with Gasteiger partial charge >= 0.3 is 0 Å². The molecule has 0 fully saturated rings. The van der Waals surface area contributed by atoms with Gasteiger partial charge in [0, 0.05) is 23.2 Å². The molecule has 0 saturated carbocycles. The third-order valence-electron chi connectivity index (χ3n) is 2.86. The van der Waals surface area contributed by atoms with Gasteiger partial charge in [-0.25, -0.2) is 4.98 Å². The molecule has 0 atom stereocenters. The van der Waals surface area contributed by atoms with Crippen molar-refractivity contribution in [3.05, 3.63) is 36.0 Å². The predicted octanol–water partition coefficient (Wildman–Crippen LogP) is 4.07. The van der Waals surface area contributed by atoms with Crippen LogP contribution in [-0.4, -0.2) is 22.8 Å². The van der Waals surface area contributed by atoms with E-state index in [9.17, 15) is 0 Å². The molecule has 5 heteroatoms. The number of para-hydroxylation sites is 1. The summed E-state index contributed by atoms with van der Waals surface area (Å²) in [6.07, 6.45) is 4.96. The molecule has 1 heterocycles. The van der Waals surface area contributed by atoms with E-state index in [1.54, 1.807) is 11.8 Å². The van der Waals surface area contributed by atoms with Crippen molar-refractivity contribution < 1.29 is 0 Å². The fourth-order valence-electron chi connectivity index (χ4n) is 1.77. The van der Waals surface area contributed by atoms with Gasteiger partial charge in [-0.1, -0.05) is 19.1 Å². The van der Waals surface area contributed by atoms with Crippen molar-refractivity contribution in [2.24, 2.45) is 0 Å². The highest BCUT2D eigenvalue weighted by atomic mass is 32.2. The Balaban J connectivity index is 2.23. The molecule has 2 N–H and O–H groups in total. The van der Waals surface area contributed by atoms with Gasteiger partial charge in [0.1, 0.15) is 5.82 Å². The van der Waals surface area contributed by atoms with E-state index in [0.29, 0.717) is 5.95 Å². The van der Waals surface area contributed by atoms with Gasteiger partial charge in [0.15, 0.2) is 0 Å². The van der Waals surface area contributed by atoms with Crippen LogP contribution in [-0.2, 0) is 0 Å². The number of benzene rings is 1. The van der Waals surface area contributed by atoms with Crippen LogP contribution in [0.4, 0.5) is 17.5 Å². The molecule has 2 aromatic rings. The molecule has 0 amide bonds. The summed E-state index contributed by atoms with van der Waals surface area (Å²) in [6, 6.07) is 8.22. The minimum absolute atomic E-state index is 0.668. The molecule has 0 aliphatic carbocycles. The lowest BCUT2D eigenvalue weighted by Crippen LogP contribution is -2.07. The lowest BCUT2D eigenvalue weighted by Gasteiger charge is -2.13. The first-order chi connectivity index (χ1) is 9.74. The predicted molar refractivity (Wildman–Crippen MR) is 87.1 cm³/mol. The highest BCUT2D eigenvalue weighted by Gasteiger charge is 2.06. The van der Waals surface area contributed by atoms with Crippen LogP contribution < -0.4 is 10.6 Å². The topological polar surface area (TPSA) is 49.8 Å². The fourth-order valence-corrected chi connectivity index (χ4v) is 2.32. The molecule has 0 radical (unpaired) electrons. The first-order valence-corrected chi connectivity index (χ1v) is 7.94. The minimum atomic E-state index is 0.668. The van der Waals surface area contributed by atoms with E-state index in [0.717, 1.165) is 30.0 Å². The van der Waals surface area contributed by atoms with Crippen LogP contribution >= 0.6 is 11.8 Å². The maximum atomic E-state index is 4.54. The number of anilines is 3. The molecule has 0 aliphatic heterocycles. The standard InChI is InChI=1S/C15H20N4S/c1-4-9-16-15-17-10-11(2)14(19-15)18-12-7-5-6-8-13(12)20-3/h5-8,10H,4,9H2,1-3H3,(H2,16,17,18,19). The van der Waals surface area contributed by atoms with Crippen LogP contribution in [0.2, 0.25) is 0 Å². The summed E-state index contributed by atoms with van der Waals surface area (Å²) in [5.41, 5.74) is 2.10. The first kappa shape index (κ1) is 14.7. The zero-order valence-electron chi connectivity index (χ0n) is 12.1. The quantitative estimate of drug-likeness (QED) is 0.785. The van der Waals surface area contributed by atoms with Crippen LogP contribution in [0.5, 0.6) is 0 Å². The van der Waals surface area contributed by atoms with Gasteiger partial charge in [0.05, 0.1) is 5.69 Å². The zero-order valence-corrected chi connectivity index (χ0v) is 12.9. The number of aromatic nitrogens is 2. The van der Waals surface area contributed by atoms with E-state index in [4.69, 9.17) is 0 Å². The van der Waals surface area contributed by atoms with Gasteiger partial charge in [-0.3, -0.25) is 0 Å². The number of hydrogen-bond acceptors (Lipinski definition) is 5. The Bertz CT molecular complexity index is 572. The highest BCUT2D eigenvalue weighted by molar-refractivity contribution is 7.98. The van der Waals surface area contributed by atoms with Gasteiger partial charge in [-0.2, -0.15) is 4.98 Å². The molecular formula is C15H20N4S. The van der Waals surface area contributed by atoms with E-state index in [1.165, 1.54) is 4.90 Å². The molecule has 4 nitrogen and oxygen atoms in total. The molecule has 2 rings (SSSR count). The molecule has 0 unspecified atom stereocenters. The number of aryl methyl sites for hydroxylation is 1. The van der Waals surface area contributed by atoms with Crippen LogP contribution in [0.15, 0.2) is 35.4 Å². The summed E-state index contributed by atoms with van der Waals surface area (Å²) >= 11 is 1.72. The number of hydrogen-bond donors (Lipinski definition) is 2. The Morgan fingerprint density at radius 2 is 2.05 bits per heavy atom. The second-order valence-electron chi connectivity index (χ2n) is 4.48. The van der Waals surface area contributed by atoms with Crippen LogP contribution in [0, 0.1) is 6.92 Å². The van der Waals surface area contributed by atoms with Gasteiger partial charge in [0.25, 0.3) is 0 Å². The molecule has 0 saturated heterocycles. The first-order valence-electron chi connectivity index (χ1n) is 6.72. The number of rotatable bonds is 6. The molecule has 1 aromatic carbocycles. The molecule has 20 heavy (non-hydrogen) atoms. The van der Waals surface area contributed by atoms with Gasteiger partial charge in [-0.15, -0.1) is 11.8 Å². The molecule has 0 aliphatic rings. The number of nitrogens with zero attached hydrogens (tertiary/aromatic N) is 2. The maximum absolute atomic E-state index is 4.54. The second-order valence-corrected chi connectivity index (χ2v) is 5.33. The van der Waals surface area contributed by atoms with Crippen molar-refractivity contribution in [2.75, 3.05) is 23.4 Å². The summed E-state index contributed by atoms with van der Waals surface area (Å²) in [5.74, 6) is 1.52. The largest absolute Gasteiger partial charge is 0.354 e. The molecule has 106 valence electrons. The number of nitrogens with one attached hydrogen (secondary N) is 2. The molecular weight excluding hydrogens is 268 g/mol. The molecule has 0 spiro atoms. The van der Waals surface area contributed by atoms with Crippen LogP contribution in [0.1, 0.15) is 18.9 Å². The SMILES string of the molecule is CCCNc1ncc(C)c(Nc2ccccc2SC)n1. The van der Waals surface area contributed by atoms with E-state index < -0.39 is 0 Å². The van der Waals surface area contributed by atoms with Crippen LogP contribution in [0.25, 0.3) is 0 Å². The average Bonchev–Trinajstić information content (AvgIpc) is 2.48. The Kier molecular flexibility index (Phi) is 5.24. The Labute approximate surface area is 124 Å². The molecule has 0 bridgehead atoms. The summed E-state index contributed by atoms with van der Waals surface area (Å²) < 4.78 is 0. The average molecular weight is 288 g/mol. The fraction of sp³-hybridized carbons (Fsp3) is 0.333. The van der Waals surface area contributed by atoms with E-state index >= 15 is 0 Å². The van der Waals surface area contributed by atoms with Crippen molar-refractivity contribution in [1.29, 1.82) is 0 Å². The monoisotopic (exact) mass is 288 g/mol. The summed E-state index contributed by atoms with van der Waals surface area (Å²) in [6.45, 7) is 5.01. The minimum Gasteiger partial charge on any atom is -0.354 e. The van der Waals surface area contributed by atoms with Crippen LogP contribution in [0.3, 0.4) is 0 Å². The summed E-state index contributed by atoms with van der Waals surface area (Å²) in [7, 11) is 0. The third-order valence-corrected chi connectivity index (χ3v) is 3.66. The normalized spacial score (nSPS) is 10.3. The highest BCUT2D eigenvalue weighted by Crippen LogP contribution is 2.28. The van der Waals surface area contributed by atoms with E-state index in [1.807, 2.05) is 25.3 Å². The Hall–Kier alpha value is -1.75. The maximum Gasteiger partial charge on any atom is 0.224 e. The summed E-state index contributed by atoms with van der Waals surface area (Å²) in [4.78, 5) is 10.0. The number of thioether (sulfide) groups is 1. The van der Waals surface area contributed by atoms with E-state index in [-0.39, 0.29) is 0 Å². The van der Waals surface area contributed by atoms with E-state index in [2.05, 4.69) is 45.9 Å². The Morgan fingerprint density at radius 1 is 1.25 bits per heavy atom. The van der Waals surface area contributed by atoms with Crippen molar-refractivity contribution >= 4 is 29.2 Å². The summed E-state index contributed by atoms with van der Waals surface area (Å²) in [5, 5.41) is 6.61. The third kappa shape index (κ3) is 3.63. The van der Waals surface area contributed by atoms with Crippen molar-refractivity contribution in [1.82, 2.24) is 9.97 Å². The Morgan fingerprint density at radius 3 is 2.80 bits per heavy atom. The lowest BCUT2D eigenvalue weighted by molar-refractivity contribution is 0.950. The van der Waals surface area contributed by atoms with Crippen molar-refractivity contribution in [2.45, 2.75) is 25.2 Å². The zero-order chi connectivity index (χ0) is 14.4.